The molecule has 0 bridgehead atoms. The Hall–Kier alpha value is -4.23. The lowest BCUT2D eigenvalue weighted by Crippen LogP contribution is -1.93. The average molecular weight is 1040 g/mol. The molecule has 0 spiro atoms. The Bertz CT molecular complexity index is 1640. The molecule has 426 valence electrons. The van der Waals surface area contributed by atoms with Gasteiger partial charge in [-0.1, -0.05) is 268 Å². The Morgan fingerprint density at radius 3 is 0.493 bits per heavy atom. The molecule has 0 saturated heterocycles. The lowest BCUT2D eigenvalue weighted by molar-refractivity contribution is -0.138. The van der Waals surface area contributed by atoms with Crippen molar-refractivity contribution in [2.75, 3.05) is 0 Å². The highest BCUT2D eigenvalue weighted by Crippen LogP contribution is 2.14. The molecule has 6 heteroatoms. The van der Waals surface area contributed by atoms with Crippen LogP contribution in [0.1, 0.15) is 348 Å². The molecule has 0 atom stereocenters. The Balaban J connectivity index is -0.00000104. The van der Waals surface area contributed by atoms with Gasteiger partial charge in [-0.25, -0.2) is 0 Å². The van der Waals surface area contributed by atoms with E-state index in [1.165, 1.54) is 193 Å². The number of unbranched alkanes of at least 4 members (excludes halogenated alkanes) is 42. The van der Waals surface area contributed by atoms with Crippen molar-refractivity contribution in [1.82, 2.24) is 0 Å². The molecule has 0 aliphatic carbocycles. The van der Waals surface area contributed by atoms with Crippen LogP contribution in [0.5, 0.6) is 0 Å². The second kappa shape index (κ2) is 71.8. The van der Waals surface area contributed by atoms with Crippen LogP contribution >= 0.6 is 0 Å². The first-order chi connectivity index (χ1) is 36.8. The fraction of sp³-hybridized carbons (Fsp3) is 0.783. The fourth-order valence-electron chi connectivity index (χ4n) is 8.27. The molecule has 0 rings (SSSR count). The fourth-order valence-corrected chi connectivity index (χ4v) is 8.27. The van der Waals surface area contributed by atoms with Crippen molar-refractivity contribution in [3.63, 3.8) is 0 Å². The van der Waals surface area contributed by atoms with Crippen LogP contribution in [-0.2, 0) is 14.4 Å². The summed E-state index contributed by atoms with van der Waals surface area (Å²) in [7, 11) is 0. The molecule has 0 aliphatic rings. The van der Waals surface area contributed by atoms with E-state index in [0.29, 0.717) is 12.8 Å². The van der Waals surface area contributed by atoms with Gasteiger partial charge in [-0.2, -0.15) is 0 Å². The smallest absolute Gasteiger partial charge is 0.303 e. The van der Waals surface area contributed by atoms with Gasteiger partial charge in [-0.15, -0.1) is 0 Å². The standard InChI is InChI=1S/C25H42O2.C23H38O2.C21H34O2/c1-2-3-4-5-6-7-8-9-10-11-12-13-14-15-16-17-18-19-20-21-22-23-24-25(26)27;1-2-3-4-5-6-7-8-9-10-11-12-13-14-15-16-17-18-19-20-21-22-23(24)25;1-2-3-4-5-6-7-8-9-10-11-12-13-14-15-16-17-18-19-20-21(22)23/h2-12,17-24H2,1H3,(H,26,27);2-10,15-22H2,1H3,(H,24,25);2-10,15-20H2,1H3,(H,22,23). The summed E-state index contributed by atoms with van der Waals surface area (Å²) in [6.07, 6.45) is 58.6. The maximum Gasteiger partial charge on any atom is 0.303 e. The van der Waals surface area contributed by atoms with Gasteiger partial charge in [0.05, 0.1) is 0 Å². The summed E-state index contributed by atoms with van der Waals surface area (Å²) >= 11 is 0. The van der Waals surface area contributed by atoms with Crippen molar-refractivity contribution in [3.8, 4) is 71.0 Å². The number of carbonyl (C=O) groups is 3. The van der Waals surface area contributed by atoms with Crippen molar-refractivity contribution in [1.29, 1.82) is 0 Å². The Kier molecular flexibility index (Phi) is 71.9. The first kappa shape index (κ1) is 75.0. The highest BCUT2D eigenvalue weighted by Gasteiger charge is 1.99. The SMILES string of the molecule is CCCCCCCCCCC#CC#CCCCCCCC(=O)O.CCCCCCCCCCC#CC#CCCCCCCCCC(=O)O.CCCCCCCCCCCCC#CC#CCCCCCCCCC(=O)O. The van der Waals surface area contributed by atoms with E-state index in [2.05, 4.69) is 91.8 Å². The summed E-state index contributed by atoms with van der Waals surface area (Å²) < 4.78 is 0. The van der Waals surface area contributed by atoms with E-state index in [9.17, 15) is 14.4 Å². The van der Waals surface area contributed by atoms with Crippen LogP contribution in [0.15, 0.2) is 0 Å². The zero-order valence-corrected chi connectivity index (χ0v) is 49.1. The summed E-state index contributed by atoms with van der Waals surface area (Å²) in [4.78, 5) is 31.1. The number of rotatable bonds is 48. The third kappa shape index (κ3) is 84.0. The van der Waals surface area contributed by atoms with E-state index < -0.39 is 17.9 Å². The Morgan fingerprint density at radius 1 is 0.213 bits per heavy atom. The minimum Gasteiger partial charge on any atom is -0.481 e. The molecule has 6 nitrogen and oxygen atoms in total. The van der Waals surface area contributed by atoms with Gasteiger partial charge in [0, 0.05) is 57.8 Å². The van der Waals surface area contributed by atoms with Gasteiger partial charge in [0.25, 0.3) is 0 Å². The van der Waals surface area contributed by atoms with Crippen LogP contribution in [0.3, 0.4) is 0 Å². The lowest BCUT2D eigenvalue weighted by atomic mass is 10.1. The van der Waals surface area contributed by atoms with Gasteiger partial charge < -0.3 is 15.3 Å². The van der Waals surface area contributed by atoms with E-state index >= 15 is 0 Å². The zero-order chi connectivity index (χ0) is 55.3. The first-order valence-electron chi connectivity index (χ1n) is 31.3. The van der Waals surface area contributed by atoms with E-state index in [4.69, 9.17) is 15.3 Å². The van der Waals surface area contributed by atoms with Gasteiger partial charge in [0.2, 0.25) is 0 Å². The van der Waals surface area contributed by atoms with Crippen LogP contribution in [-0.4, -0.2) is 33.2 Å². The molecule has 0 aromatic rings. The molecule has 0 amide bonds. The van der Waals surface area contributed by atoms with Gasteiger partial charge >= 0.3 is 17.9 Å². The maximum absolute atomic E-state index is 10.4. The molecule has 0 aliphatic heterocycles. The second-order valence-corrected chi connectivity index (χ2v) is 20.5. The largest absolute Gasteiger partial charge is 0.481 e. The molecule has 3 N–H and O–H groups in total. The second-order valence-electron chi connectivity index (χ2n) is 20.5. The third-order valence-corrected chi connectivity index (χ3v) is 13.0. The normalized spacial score (nSPS) is 9.80. The van der Waals surface area contributed by atoms with Crippen LogP contribution < -0.4 is 0 Å². The third-order valence-electron chi connectivity index (χ3n) is 13.0. The number of carboxylic acid groups (broad SMARTS) is 3. The van der Waals surface area contributed by atoms with Crippen LogP contribution in [0.25, 0.3) is 0 Å². The summed E-state index contributed by atoms with van der Waals surface area (Å²) in [5.74, 6) is 34.5. The van der Waals surface area contributed by atoms with E-state index in [1.807, 2.05) is 0 Å². The van der Waals surface area contributed by atoms with Crippen molar-refractivity contribution >= 4 is 17.9 Å². The predicted molar refractivity (Wildman–Crippen MR) is 322 cm³/mol. The van der Waals surface area contributed by atoms with E-state index in [0.717, 1.165) is 116 Å². The van der Waals surface area contributed by atoms with Gasteiger partial charge in [0.15, 0.2) is 0 Å². The maximum atomic E-state index is 10.4. The van der Waals surface area contributed by atoms with E-state index in [-0.39, 0.29) is 6.42 Å². The van der Waals surface area contributed by atoms with Crippen LogP contribution in [0, 0.1) is 71.0 Å². The number of hydrogen-bond acceptors (Lipinski definition) is 3. The van der Waals surface area contributed by atoms with Crippen molar-refractivity contribution < 1.29 is 29.7 Å². The minimum atomic E-state index is -0.698. The van der Waals surface area contributed by atoms with Crippen molar-refractivity contribution in [3.05, 3.63) is 0 Å². The summed E-state index contributed by atoms with van der Waals surface area (Å²) in [5.41, 5.74) is 0. The molecule has 0 radical (unpaired) electrons. The van der Waals surface area contributed by atoms with Gasteiger partial charge in [0.1, 0.15) is 0 Å². The van der Waals surface area contributed by atoms with Gasteiger partial charge in [-0.05, 0) is 93.3 Å². The Morgan fingerprint density at radius 2 is 0.347 bits per heavy atom. The summed E-state index contributed by atoms with van der Waals surface area (Å²) in [5, 5.41) is 25.6. The van der Waals surface area contributed by atoms with E-state index in [1.54, 1.807) is 0 Å². The molecule has 0 fully saturated rings. The van der Waals surface area contributed by atoms with Gasteiger partial charge in [-0.3, -0.25) is 14.4 Å². The highest BCUT2D eigenvalue weighted by molar-refractivity contribution is 5.67. The summed E-state index contributed by atoms with van der Waals surface area (Å²) in [6, 6.07) is 0. The predicted octanol–water partition coefficient (Wildman–Crippen LogP) is 20.2. The lowest BCUT2D eigenvalue weighted by Gasteiger charge is -2.00. The molecule has 75 heavy (non-hydrogen) atoms. The topological polar surface area (TPSA) is 112 Å². The van der Waals surface area contributed by atoms with Crippen molar-refractivity contribution in [2.45, 2.75) is 348 Å². The first-order valence-corrected chi connectivity index (χ1v) is 31.3. The molecule has 0 aromatic heterocycles. The monoisotopic (exact) mass is 1040 g/mol. The van der Waals surface area contributed by atoms with Crippen LogP contribution in [0.4, 0.5) is 0 Å². The quantitative estimate of drug-likeness (QED) is 0.0413. The number of carboxylic acids is 3. The molecular weight excluding hydrogens is 925 g/mol. The molecule has 0 heterocycles. The Labute approximate surface area is 464 Å². The molecule has 0 unspecified atom stereocenters. The summed E-state index contributed by atoms with van der Waals surface area (Å²) in [6.45, 7) is 6.78. The number of hydrogen-bond donors (Lipinski definition) is 3. The molecule has 0 aromatic carbocycles. The molecule has 0 saturated carbocycles. The number of aliphatic carboxylic acids is 3. The molecular formula is C69H114O6. The zero-order valence-electron chi connectivity index (χ0n) is 49.1. The average Bonchev–Trinajstić information content (AvgIpc) is 3.39. The highest BCUT2D eigenvalue weighted by atomic mass is 16.4. The minimum absolute atomic E-state index is 0.288. The van der Waals surface area contributed by atoms with Crippen molar-refractivity contribution in [2.24, 2.45) is 0 Å². The van der Waals surface area contributed by atoms with Crippen LogP contribution in [0.2, 0.25) is 0 Å².